The Bertz CT molecular complexity index is 533. The van der Waals surface area contributed by atoms with Gasteiger partial charge >= 0.3 is 17.6 Å². The first-order chi connectivity index (χ1) is 9.90. The van der Waals surface area contributed by atoms with Crippen LogP contribution in [0.5, 0.6) is 0 Å². The number of ether oxygens (including phenoxy) is 2. The van der Waals surface area contributed by atoms with Crippen LogP contribution >= 0.6 is 0 Å². The molecule has 1 unspecified atom stereocenters. The topological polar surface area (TPSA) is 121 Å². The summed E-state index contributed by atoms with van der Waals surface area (Å²) in [6, 6.07) is 2.73. The summed E-state index contributed by atoms with van der Waals surface area (Å²) in [7, 11) is 0. The number of hydrogen-bond donors (Lipinski definition) is 1. The van der Waals surface area contributed by atoms with E-state index in [0.29, 0.717) is 0 Å². The third-order valence-electron chi connectivity index (χ3n) is 2.29. The van der Waals surface area contributed by atoms with Crippen LogP contribution < -0.4 is 5.32 Å². The summed E-state index contributed by atoms with van der Waals surface area (Å²) in [4.78, 5) is 35.8. The number of nitrogens with zero attached hydrogens (tertiary/aromatic N) is 2. The molecule has 21 heavy (non-hydrogen) atoms. The van der Waals surface area contributed by atoms with Gasteiger partial charge in [-0.1, -0.05) is 0 Å². The number of carbonyl (C=O) groups excluding carboxylic acids is 2. The van der Waals surface area contributed by atoms with E-state index in [-0.39, 0.29) is 24.7 Å². The number of hydrogen-bond acceptors (Lipinski definition) is 8. The average Bonchev–Trinajstić information content (AvgIpc) is 2.41. The predicted octanol–water partition coefficient (Wildman–Crippen LogP) is 0.896. The molecule has 9 heteroatoms. The number of carbonyl (C=O) groups is 2. The Morgan fingerprint density at radius 1 is 1.43 bits per heavy atom. The Balaban J connectivity index is 2.69. The summed E-state index contributed by atoms with van der Waals surface area (Å²) < 4.78 is 9.71. The molecule has 0 amide bonds. The lowest BCUT2D eigenvalue weighted by Gasteiger charge is -2.17. The Kier molecular flexibility index (Phi) is 6.05. The third-order valence-corrected chi connectivity index (χ3v) is 2.29. The molecule has 9 nitrogen and oxygen atoms in total. The number of rotatable bonds is 7. The van der Waals surface area contributed by atoms with Crippen LogP contribution in [0.2, 0.25) is 0 Å². The van der Waals surface area contributed by atoms with Crippen LogP contribution in [0.4, 0.5) is 11.5 Å². The number of nitrogens with one attached hydrogen (secondary N) is 1. The Morgan fingerprint density at radius 3 is 2.71 bits per heavy atom. The van der Waals surface area contributed by atoms with Crippen molar-refractivity contribution >= 4 is 23.4 Å². The first-order valence-electron chi connectivity index (χ1n) is 6.04. The minimum absolute atomic E-state index is 0.0186. The number of pyridine rings is 1. The molecule has 114 valence electrons. The lowest BCUT2D eigenvalue weighted by atomic mass is 10.3. The second kappa shape index (κ2) is 7.78. The fraction of sp³-hybridized carbons (Fsp3) is 0.417. The van der Waals surface area contributed by atoms with Crippen LogP contribution in [-0.2, 0) is 19.1 Å². The van der Waals surface area contributed by atoms with Crippen LogP contribution in [0, 0.1) is 10.1 Å². The average molecular weight is 297 g/mol. The highest BCUT2D eigenvalue weighted by Crippen LogP contribution is 2.20. The zero-order chi connectivity index (χ0) is 15.8. The standard InChI is InChI=1S/C12H15N3O6/c1-8(16)20-7-10(21-9(2)17)6-14-12-11(15(18)19)4-3-5-13-12/h3-5,10H,6-7H2,1-2H3,(H,13,14). The van der Waals surface area contributed by atoms with Gasteiger partial charge in [0.2, 0.25) is 5.82 Å². The first kappa shape index (κ1) is 16.3. The summed E-state index contributed by atoms with van der Waals surface area (Å²) >= 11 is 0. The molecule has 0 aliphatic rings. The molecule has 0 saturated heterocycles. The van der Waals surface area contributed by atoms with Crippen molar-refractivity contribution in [2.75, 3.05) is 18.5 Å². The Labute approximate surface area is 120 Å². The lowest BCUT2D eigenvalue weighted by molar-refractivity contribution is -0.384. The highest BCUT2D eigenvalue weighted by atomic mass is 16.6. The molecule has 0 saturated carbocycles. The van der Waals surface area contributed by atoms with E-state index in [1.54, 1.807) is 0 Å². The van der Waals surface area contributed by atoms with E-state index in [4.69, 9.17) is 9.47 Å². The molecular formula is C12H15N3O6. The third kappa shape index (κ3) is 5.85. The molecular weight excluding hydrogens is 282 g/mol. The molecule has 1 rings (SSSR count). The molecule has 1 atom stereocenters. The number of anilines is 1. The second-order valence-electron chi connectivity index (χ2n) is 4.04. The van der Waals surface area contributed by atoms with E-state index in [1.807, 2.05) is 0 Å². The number of esters is 2. The lowest BCUT2D eigenvalue weighted by Crippen LogP contribution is -2.31. The highest BCUT2D eigenvalue weighted by Gasteiger charge is 2.18. The van der Waals surface area contributed by atoms with Crippen molar-refractivity contribution in [1.82, 2.24) is 4.98 Å². The maximum absolute atomic E-state index is 11.0. The Hall–Kier alpha value is -2.71. The van der Waals surface area contributed by atoms with Crippen LogP contribution in [-0.4, -0.2) is 41.1 Å². The fourth-order valence-corrected chi connectivity index (χ4v) is 1.47. The summed E-state index contributed by atoms with van der Waals surface area (Å²) in [5, 5.41) is 13.5. The molecule has 1 aromatic rings. The van der Waals surface area contributed by atoms with Gasteiger partial charge in [0.1, 0.15) is 6.61 Å². The summed E-state index contributed by atoms with van der Waals surface area (Å²) in [5.74, 6) is -1.03. The molecule has 0 aromatic carbocycles. The van der Waals surface area contributed by atoms with Gasteiger partial charge in [-0.3, -0.25) is 19.7 Å². The van der Waals surface area contributed by atoms with Crippen molar-refractivity contribution < 1.29 is 24.0 Å². The van der Waals surface area contributed by atoms with Gasteiger partial charge in [0.25, 0.3) is 0 Å². The van der Waals surface area contributed by atoms with Gasteiger partial charge in [0, 0.05) is 26.1 Å². The van der Waals surface area contributed by atoms with Gasteiger partial charge in [-0.25, -0.2) is 4.98 Å². The Morgan fingerprint density at radius 2 is 2.14 bits per heavy atom. The minimum Gasteiger partial charge on any atom is -0.462 e. The van der Waals surface area contributed by atoms with E-state index in [0.717, 1.165) is 0 Å². The van der Waals surface area contributed by atoms with Crippen LogP contribution in [0.3, 0.4) is 0 Å². The zero-order valence-electron chi connectivity index (χ0n) is 11.6. The maximum atomic E-state index is 11.0. The van der Waals surface area contributed by atoms with Gasteiger partial charge in [0.05, 0.1) is 11.5 Å². The SMILES string of the molecule is CC(=O)OCC(CNc1ncccc1[N+](=O)[O-])OC(C)=O. The first-order valence-corrected chi connectivity index (χ1v) is 6.04. The van der Waals surface area contributed by atoms with Crippen molar-refractivity contribution in [2.45, 2.75) is 20.0 Å². The fourth-order valence-electron chi connectivity index (χ4n) is 1.47. The normalized spacial score (nSPS) is 11.3. The summed E-state index contributed by atoms with van der Waals surface area (Å²) in [6.07, 6.45) is 0.621. The van der Waals surface area contributed by atoms with Gasteiger partial charge in [-0.15, -0.1) is 0 Å². The summed E-state index contributed by atoms with van der Waals surface area (Å²) in [5.41, 5.74) is -0.202. The van der Waals surface area contributed by atoms with Crippen LogP contribution in [0.1, 0.15) is 13.8 Å². The van der Waals surface area contributed by atoms with Crippen molar-refractivity contribution in [3.05, 3.63) is 28.4 Å². The van der Waals surface area contributed by atoms with Gasteiger partial charge in [0.15, 0.2) is 6.10 Å². The molecule has 0 aliphatic heterocycles. The zero-order valence-corrected chi connectivity index (χ0v) is 11.6. The van der Waals surface area contributed by atoms with E-state index in [9.17, 15) is 19.7 Å². The number of aromatic nitrogens is 1. The quantitative estimate of drug-likeness (QED) is 0.447. The van der Waals surface area contributed by atoms with Crippen molar-refractivity contribution in [3.63, 3.8) is 0 Å². The minimum atomic E-state index is -0.770. The monoisotopic (exact) mass is 297 g/mol. The molecule has 0 spiro atoms. The molecule has 1 heterocycles. The van der Waals surface area contributed by atoms with E-state index in [2.05, 4.69) is 10.3 Å². The van der Waals surface area contributed by atoms with E-state index >= 15 is 0 Å². The van der Waals surface area contributed by atoms with Crippen LogP contribution in [0.15, 0.2) is 18.3 Å². The van der Waals surface area contributed by atoms with E-state index in [1.165, 1.54) is 32.2 Å². The van der Waals surface area contributed by atoms with Crippen molar-refractivity contribution in [1.29, 1.82) is 0 Å². The predicted molar refractivity (Wildman–Crippen MR) is 71.6 cm³/mol. The smallest absolute Gasteiger partial charge is 0.311 e. The van der Waals surface area contributed by atoms with Crippen molar-refractivity contribution in [2.24, 2.45) is 0 Å². The van der Waals surface area contributed by atoms with E-state index < -0.39 is 23.0 Å². The second-order valence-corrected chi connectivity index (χ2v) is 4.04. The van der Waals surface area contributed by atoms with Crippen LogP contribution in [0.25, 0.3) is 0 Å². The van der Waals surface area contributed by atoms with Crippen molar-refractivity contribution in [3.8, 4) is 0 Å². The molecule has 1 N–H and O–H groups in total. The maximum Gasteiger partial charge on any atom is 0.311 e. The molecule has 1 aromatic heterocycles. The number of nitro groups is 1. The summed E-state index contributed by atoms with van der Waals surface area (Å²) in [6.45, 7) is 2.30. The highest BCUT2D eigenvalue weighted by molar-refractivity contribution is 5.67. The van der Waals surface area contributed by atoms with Gasteiger partial charge in [-0.2, -0.15) is 0 Å². The van der Waals surface area contributed by atoms with Gasteiger partial charge in [-0.05, 0) is 6.07 Å². The largest absolute Gasteiger partial charge is 0.462 e. The van der Waals surface area contributed by atoms with Gasteiger partial charge < -0.3 is 14.8 Å². The molecule has 0 aliphatic carbocycles. The molecule has 0 fully saturated rings. The molecule has 0 bridgehead atoms. The molecule has 0 radical (unpaired) electrons.